The van der Waals surface area contributed by atoms with Gasteiger partial charge in [0, 0.05) is 12.8 Å². The van der Waals surface area contributed by atoms with E-state index in [1.54, 1.807) is 6.92 Å². The Morgan fingerprint density at radius 1 is 1.03 bits per heavy atom. The lowest BCUT2D eigenvalue weighted by Crippen LogP contribution is -2.58. The number of carbonyl (C=O) groups is 2. The Labute approximate surface area is 187 Å². The van der Waals surface area contributed by atoms with Crippen LogP contribution in [-0.4, -0.2) is 54.5 Å². The molecule has 0 bridgehead atoms. The lowest BCUT2D eigenvalue weighted by atomic mass is 10.0. The summed E-state index contributed by atoms with van der Waals surface area (Å²) in [5.74, 6) is -17.3. The van der Waals surface area contributed by atoms with Crippen molar-refractivity contribution in [1.82, 2.24) is 0 Å². The van der Waals surface area contributed by atoms with Crippen molar-refractivity contribution in [3.8, 4) is 0 Å². The smallest absolute Gasteiger partial charge is 0.411 e. The third-order valence-electron chi connectivity index (χ3n) is 4.15. The summed E-state index contributed by atoms with van der Waals surface area (Å²) in [7, 11) is -6.72. The zero-order chi connectivity index (χ0) is 26.8. The largest absolute Gasteiger partial charge is 0.464 e. The molecule has 0 aliphatic carbocycles. The van der Waals surface area contributed by atoms with Crippen LogP contribution in [0, 0.1) is 6.92 Å². The van der Waals surface area contributed by atoms with Gasteiger partial charge in [0.15, 0.2) is 0 Å². The number of ether oxygens (including phenoxy) is 2. The zero-order valence-electron chi connectivity index (χ0n) is 17.0. The number of halogens is 8. The average Bonchev–Trinajstić information content (AvgIpc) is 2.66. The molecule has 0 radical (unpaired) electrons. The van der Waals surface area contributed by atoms with Gasteiger partial charge >= 0.3 is 39.2 Å². The standard InChI is InChI=1S/C18H16F8O7S/c1-10-3-5-12(6-4-10)9-13(27)16(17(22,23)24,33-14(28)11(2)19)32-8-7-15(20,21)18(25,26)34(29,30)31/h3-6H,2,7-9H2,1H3,(H,29,30,31). The third-order valence-corrected chi connectivity index (χ3v) is 5.10. The number of alkyl halides is 7. The monoisotopic (exact) mass is 528 g/mol. The highest BCUT2D eigenvalue weighted by molar-refractivity contribution is 7.87. The molecule has 0 fully saturated rings. The van der Waals surface area contributed by atoms with Gasteiger partial charge in [0.1, 0.15) is 0 Å². The van der Waals surface area contributed by atoms with Crippen molar-refractivity contribution in [1.29, 1.82) is 0 Å². The minimum absolute atomic E-state index is 0.119. The maximum absolute atomic E-state index is 13.8. The molecule has 0 saturated heterocycles. The van der Waals surface area contributed by atoms with Crippen molar-refractivity contribution < 1.29 is 67.2 Å². The van der Waals surface area contributed by atoms with Gasteiger partial charge in [-0.2, -0.15) is 43.5 Å². The van der Waals surface area contributed by atoms with Crippen LogP contribution in [-0.2, 0) is 35.6 Å². The van der Waals surface area contributed by atoms with Crippen LogP contribution in [0.3, 0.4) is 0 Å². The van der Waals surface area contributed by atoms with Crippen molar-refractivity contribution >= 4 is 21.9 Å². The molecule has 0 spiro atoms. The number of carbonyl (C=O) groups excluding carboxylic acids is 2. The molecule has 0 amide bonds. The summed E-state index contributed by atoms with van der Waals surface area (Å²) in [6.45, 7) is 1.79. The van der Waals surface area contributed by atoms with Crippen LogP contribution in [0.1, 0.15) is 17.5 Å². The van der Waals surface area contributed by atoms with E-state index in [1.165, 1.54) is 24.3 Å². The van der Waals surface area contributed by atoms with E-state index in [4.69, 9.17) is 4.55 Å². The highest BCUT2D eigenvalue weighted by atomic mass is 32.2. The van der Waals surface area contributed by atoms with Gasteiger partial charge in [0.25, 0.3) is 0 Å². The van der Waals surface area contributed by atoms with Gasteiger partial charge < -0.3 is 9.47 Å². The second-order valence-electron chi connectivity index (χ2n) is 6.79. The fourth-order valence-corrected chi connectivity index (χ4v) is 2.79. The topological polar surface area (TPSA) is 107 Å². The Bertz CT molecular complexity index is 1040. The molecule has 0 heterocycles. The first-order valence-electron chi connectivity index (χ1n) is 8.78. The first-order valence-corrected chi connectivity index (χ1v) is 10.2. The Hall–Kier alpha value is -2.59. The number of hydrogen-bond donors (Lipinski definition) is 1. The molecule has 0 aromatic heterocycles. The first kappa shape index (κ1) is 29.4. The van der Waals surface area contributed by atoms with E-state index in [1.807, 2.05) is 0 Å². The molecule has 192 valence electrons. The van der Waals surface area contributed by atoms with Gasteiger partial charge in [-0.1, -0.05) is 36.4 Å². The van der Waals surface area contributed by atoms with Gasteiger partial charge in [0.2, 0.25) is 11.6 Å². The maximum Gasteiger partial charge on any atom is 0.464 e. The molecule has 16 heteroatoms. The Balaban J connectivity index is 3.37. The van der Waals surface area contributed by atoms with E-state index in [-0.39, 0.29) is 5.56 Å². The highest BCUT2D eigenvalue weighted by Gasteiger charge is 2.68. The molecule has 34 heavy (non-hydrogen) atoms. The van der Waals surface area contributed by atoms with E-state index in [0.29, 0.717) is 5.56 Å². The van der Waals surface area contributed by atoms with Crippen LogP contribution in [0.5, 0.6) is 0 Å². The van der Waals surface area contributed by atoms with E-state index < -0.39 is 70.3 Å². The Kier molecular flexibility index (Phi) is 8.62. The zero-order valence-corrected chi connectivity index (χ0v) is 17.8. The Morgan fingerprint density at radius 2 is 1.53 bits per heavy atom. The molecule has 0 aliphatic heterocycles. The minimum atomic E-state index is -6.72. The van der Waals surface area contributed by atoms with Crippen LogP contribution in [0.2, 0.25) is 0 Å². The molecule has 1 aromatic rings. The van der Waals surface area contributed by atoms with Gasteiger partial charge in [-0.05, 0) is 12.5 Å². The van der Waals surface area contributed by atoms with E-state index in [9.17, 15) is 53.1 Å². The molecule has 1 rings (SSSR count). The molecule has 1 unspecified atom stereocenters. The van der Waals surface area contributed by atoms with Crippen LogP contribution in [0.25, 0.3) is 0 Å². The molecule has 1 aromatic carbocycles. The van der Waals surface area contributed by atoms with Crippen molar-refractivity contribution in [2.24, 2.45) is 0 Å². The lowest BCUT2D eigenvalue weighted by molar-refractivity contribution is -0.349. The minimum Gasteiger partial charge on any atom is -0.411 e. The summed E-state index contributed by atoms with van der Waals surface area (Å²) >= 11 is 0. The van der Waals surface area contributed by atoms with Crippen LogP contribution >= 0.6 is 0 Å². The highest BCUT2D eigenvalue weighted by Crippen LogP contribution is 2.42. The first-order chi connectivity index (χ1) is 15.2. The van der Waals surface area contributed by atoms with Crippen molar-refractivity contribution in [3.63, 3.8) is 0 Å². The van der Waals surface area contributed by atoms with Crippen LogP contribution in [0.4, 0.5) is 35.1 Å². The molecule has 1 N–H and O–H groups in total. The average molecular weight is 528 g/mol. The second-order valence-corrected chi connectivity index (χ2v) is 8.25. The number of hydrogen-bond acceptors (Lipinski definition) is 6. The van der Waals surface area contributed by atoms with Gasteiger partial charge in [-0.15, -0.1) is 0 Å². The van der Waals surface area contributed by atoms with Crippen LogP contribution < -0.4 is 0 Å². The summed E-state index contributed by atoms with van der Waals surface area (Å²) in [5.41, 5.74) is 0.503. The third kappa shape index (κ3) is 6.29. The molecule has 0 saturated carbocycles. The molecule has 1 atom stereocenters. The summed E-state index contributed by atoms with van der Waals surface area (Å²) in [6, 6.07) is 5.08. The summed E-state index contributed by atoms with van der Waals surface area (Å²) in [6.07, 6.45) is -9.77. The quantitative estimate of drug-likeness (QED) is 0.153. The van der Waals surface area contributed by atoms with Gasteiger partial charge in [-0.25, -0.2) is 4.79 Å². The SMILES string of the molecule is C=C(F)C(=O)OC(OCCC(F)(F)C(F)(F)S(=O)(=O)O)(C(=O)Cc1ccc(C)cc1)C(F)(F)F. The number of esters is 1. The number of ketones is 1. The molecular weight excluding hydrogens is 512 g/mol. The predicted octanol–water partition coefficient (Wildman–Crippen LogP) is 3.91. The maximum atomic E-state index is 13.8. The number of rotatable bonds is 11. The van der Waals surface area contributed by atoms with Gasteiger partial charge in [0.05, 0.1) is 6.61 Å². The van der Waals surface area contributed by atoms with Crippen LogP contribution in [0.15, 0.2) is 36.7 Å². The summed E-state index contributed by atoms with van der Waals surface area (Å²) in [5, 5.41) is -6.15. The van der Waals surface area contributed by atoms with E-state index >= 15 is 0 Å². The predicted molar refractivity (Wildman–Crippen MR) is 97.0 cm³/mol. The number of benzene rings is 1. The second kappa shape index (κ2) is 9.95. The Morgan fingerprint density at radius 3 is 1.94 bits per heavy atom. The van der Waals surface area contributed by atoms with Crippen molar-refractivity contribution in [2.75, 3.05) is 6.61 Å². The van der Waals surface area contributed by atoms with Crippen molar-refractivity contribution in [3.05, 3.63) is 47.8 Å². The van der Waals surface area contributed by atoms with Crippen molar-refractivity contribution in [2.45, 2.75) is 42.9 Å². The fraction of sp³-hybridized carbons (Fsp3) is 0.444. The van der Waals surface area contributed by atoms with E-state index in [2.05, 4.69) is 16.1 Å². The number of aryl methyl sites for hydroxylation is 1. The van der Waals surface area contributed by atoms with Gasteiger partial charge in [-0.3, -0.25) is 9.35 Å². The normalized spacial score (nSPS) is 14.9. The summed E-state index contributed by atoms with van der Waals surface area (Å²) < 4.78 is 145. The lowest BCUT2D eigenvalue weighted by Gasteiger charge is -2.34. The van der Waals surface area contributed by atoms with E-state index in [0.717, 1.165) is 0 Å². The molecule has 7 nitrogen and oxygen atoms in total. The fourth-order valence-electron chi connectivity index (χ4n) is 2.32. The molecule has 0 aliphatic rings. The number of Topliss-reactive ketones (excluding diaryl/α,β-unsaturated/α-hetero) is 1. The molecular formula is C18H16F8O7S. The summed E-state index contributed by atoms with van der Waals surface area (Å²) in [4.78, 5) is 23.9.